The molecule has 1 unspecified atom stereocenters. The van der Waals surface area contributed by atoms with Crippen LogP contribution < -0.4 is 5.32 Å². The second-order valence-corrected chi connectivity index (χ2v) is 5.35. The summed E-state index contributed by atoms with van der Waals surface area (Å²) >= 11 is 1.24. The second-order valence-electron chi connectivity index (χ2n) is 4.44. The maximum Gasteiger partial charge on any atom is 0.407 e. The topological polar surface area (TPSA) is 78.9 Å². The van der Waals surface area contributed by atoms with Crippen molar-refractivity contribution in [1.82, 2.24) is 10.2 Å². The van der Waals surface area contributed by atoms with Gasteiger partial charge < -0.3 is 15.2 Å². The lowest BCUT2D eigenvalue weighted by Gasteiger charge is -2.16. The number of rotatable bonds is 4. The van der Waals surface area contributed by atoms with Crippen LogP contribution in [0.4, 0.5) is 4.79 Å². The minimum absolute atomic E-state index is 0.0689. The van der Waals surface area contributed by atoms with Gasteiger partial charge in [0.2, 0.25) is 0 Å². The first-order chi connectivity index (χ1) is 9.10. The molecule has 0 radical (unpaired) electrons. The summed E-state index contributed by atoms with van der Waals surface area (Å²) in [6.07, 6.45) is 0.426. The van der Waals surface area contributed by atoms with E-state index < -0.39 is 12.1 Å². The maximum atomic E-state index is 11.1. The summed E-state index contributed by atoms with van der Waals surface area (Å²) in [6.45, 7) is 2.15. The molecule has 0 aromatic carbocycles. The van der Waals surface area contributed by atoms with Gasteiger partial charge in [-0.2, -0.15) is 0 Å². The minimum atomic E-state index is -0.881. The first-order valence-corrected chi connectivity index (χ1v) is 6.84. The number of aromatic carboxylic acids is 1. The first kappa shape index (κ1) is 13.8. The smallest absolute Gasteiger partial charge is 0.407 e. The van der Waals surface area contributed by atoms with Crippen molar-refractivity contribution in [3.8, 4) is 0 Å². The fourth-order valence-corrected chi connectivity index (χ4v) is 2.96. The van der Waals surface area contributed by atoms with Gasteiger partial charge in [0.1, 0.15) is 4.88 Å². The highest BCUT2D eigenvalue weighted by Crippen LogP contribution is 2.21. The molecule has 0 spiro atoms. The zero-order valence-corrected chi connectivity index (χ0v) is 11.4. The van der Waals surface area contributed by atoms with E-state index in [0.29, 0.717) is 18.0 Å². The molecule has 19 heavy (non-hydrogen) atoms. The molecule has 1 aromatic rings. The Bertz CT molecular complexity index is 474. The van der Waals surface area contributed by atoms with Gasteiger partial charge >= 0.3 is 12.1 Å². The number of amides is 1. The molecular weight excluding hydrogens is 268 g/mol. The lowest BCUT2D eigenvalue weighted by Crippen LogP contribution is -2.36. The standard InChI is InChI=1S/C12H16N2O4S/c1-18-12(17)13-9-2-4-14(7-9)6-8-3-5-19-10(8)11(15)16/h3,5,9H,2,4,6-7H2,1H3,(H,13,17)(H,15,16). The van der Waals surface area contributed by atoms with Crippen LogP contribution >= 0.6 is 11.3 Å². The second kappa shape index (κ2) is 6.03. The molecule has 1 fully saturated rings. The number of thiophene rings is 1. The highest BCUT2D eigenvalue weighted by molar-refractivity contribution is 7.12. The van der Waals surface area contributed by atoms with Crippen molar-refractivity contribution in [2.24, 2.45) is 0 Å². The van der Waals surface area contributed by atoms with Crippen molar-refractivity contribution >= 4 is 23.4 Å². The molecule has 1 aromatic heterocycles. The van der Waals surface area contributed by atoms with Gasteiger partial charge in [0.05, 0.1) is 7.11 Å². The molecule has 1 atom stereocenters. The molecule has 2 N–H and O–H groups in total. The Labute approximate surface area is 115 Å². The predicted molar refractivity (Wildman–Crippen MR) is 70.5 cm³/mol. The predicted octanol–water partition coefficient (Wildman–Crippen LogP) is 1.38. The van der Waals surface area contributed by atoms with Crippen LogP contribution in [-0.4, -0.2) is 48.3 Å². The van der Waals surface area contributed by atoms with Gasteiger partial charge in [-0.15, -0.1) is 11.3 Å². The van der Waals surface area contributed by atoms with E-state index in [1.165, 1.54) is 18.4 Å². The highest BCUT2D eigenvalue weighted by Gasteiger charge is 2.25. The normalized spacial score (nSPS) is 19.3. The molecule has 1 saturated heterocycles. The number of carboxylic acid groups (broad SMARTS) is 1. The molecule has 1 aliphatic rings. The van der Waals surface area contributed by atoms with Gasteiger partial charge in [0.15, 0.2) is 0 Å². The molecule has 1 aliphatic heterocycles. The van der Waals surface area contributed by atoms with Gasteiger partial charge in [-0.05, 0) is 23.4 Å². The van der Waals surface area contributed by atoms with Gasteiger partial charge in [-0.1, -0.05) is 0 Å². The van der Waals surface area contributed by atoms with E-state index in [9.17, 15) is 9.59 Å². The monoisotopic (exact) mass is 284 g/mol. The number of likely N-dealkylation sites (tertiary alicyclic amines) is 1. The van der Waals surface area contributed by atoms with Crippen LogP contribution in [0.25, 0.3) is 0 Å². The van der Waals surface area contributed by atoms with E-state index in [4.69, 9.17) is 5.11 Å². The summed E-state index contributed by atoms with van der Waals surface area (Å²) in [6, 6.07) is 1.91. The van der Waals surface area contributed by atoms with Crippen LogP contribution in [0.2, 0.25) is 0 Å². The Morgan fingerprint density at radius 1 is 1.63 bits per heavy atom. The van der Waals surface area contributed by atoms with Crippen molar-refractivity contribution in [1.29, 1.82) is 0 Å². The van der Waals surface area contributed by atoms with Gasteiger partial charge in [0, 0.05) is 25.7 Å². The molecule has 0 bridgehead atoms. The molecular formula is C12H16N2O4S. The Balaban J connectivity index is 1.89. The molecule has 0 saturated carbocycles. The Hall–Kier alpha value is -1.60. The molecule has 1 amide bonds. The third kappa shape index (κ3) is 3.45. The summed E-state index contributed by atoms with van der Waals surface area (Å²) in [5.74, 6) is -0.881. The van der Waals surface area contributed by atoms with Crippen molar-refractivity contribution < 1.29 is 19.4 Å². The largest absolute Gasteiger partial charge is 0.477 e. The fraction of sp³-hybridized carbons (Fsp3) is 0.500. The highest BCUT2D eigenvalue weighted by atomic mass is 32.1. The summed E-state index contributed by atoms with van der Waals surface area (Å²) in [5, 5.41) is 13.6. The summed E-state index contributed by atoms with van der Waals surface area (Å²) in [7, 11) is 1.34. The zero-order valence-electron chi connectivity index (χ0n) is 10.6. The Kier molecular flexibility index (Phi) is 4.39. The molecule has 104 valence electrons. The summed E-state index contributed by atoms with van der Waals surface area (Å²) in [4.78, 5) is 24.7. The zero-order chi connectivity index (χ0) is 13.8. The van der Waals surface area contributed by atoms with E-state index >= 15 is 0 Å². The third-order valence-electron chi connectivity index (χ3n) is 3.11. The quantitative estimate of drug-likeness (QED) is 0.873. The number of carbonyl (C=O) groups is 2. The van der Waals surface area contributed by atoms with E-state index in [2.05, 4.69) is 15.0 Å². The van der Waals surface area contributed by atoms with E-state index in [1.807, 2.05) is 6.07 Å². The summed E-state index contributed by atoms with van der Waals surface area (Å²) < 4.78 is 4.56. The number of nitrogens with zero attached hydrogens (tertiary/aromatic N) is 1. The average Bonchev–Trinajstić information content (AvgIpc) is 2.99. The van der Waals surface area contributed by atoms with Crippen LogP contribution in [0.5, 0.6) is 0 Å². The lowest BCUT2D eigenvalue weighted by atomic mass is 10.2. The number of methoxy groups -OCH3 is 1. The maximum absolute atomic E-state index is 11.1. The SMILES string of the molecule is COC(=O)NC1CCN(Cc2ccsc2C(=O)O)C1. The van der Waals surface area contributed by atoms with Gasteiger partial charge in [0.25, 0.3) is 0 Å². The average molecular weight is 284 g/mol. The number of alkyl carbamates (subject to hydrolysis) is 1. The Morgan fingerprint density at radius 3 is 3.11 bits per heavy atom. The lowest BCUT2D eigenvalue weighted by molar-refractivity contribution is 0.0700. The van der Waals surface area contributed by atoms with Crippen molar-refractivity contribution in [2.75, 3.05) is 20.2 Å². The first-order valence-electron chi connectivity index (χ1n) is 5.96. The van der Waals surface area contributed by atoms with Crippen LogP contribution in [-0.2, 0) is 11.3 Å². The molecule has 2 rings (SSSR count). The van der Waals surface area contributed by atoms with E-state index in [0.717, 1.165) is 18.5 Å². The van der Waals surface area contributed by atoms with Crippen LogP contribution in [0.15, 0.2) is 11.4 Å². The number of carbonyl (C=O) groups excluding carboxylic acids is 1. The molecule has 2 heterocycles. The van der Waals surface area contributed by atoms with Crippen LogP contribution in [0.3, 0.4) is 0 Å². The number of carboxylic acids is 1. The van der Waals surface area contributed by atoms with E-state index in [1.54, 1.807) is 5.38 Å². The summed E-state index contributed by atoms with van der Waals surface area (Å²) in [5.41, 5.74) is 0.830. The van der Waals surface area contributed by atoms with Crippen molar-refractivity contribution in [3.63, 3.8) is 0 Å². The molecule has 7 heteroatoms. The van der Waals surface area contributed by atoms with E-state index in [-0.39, 0.29) is 6.04 Å². The van der Waals surface area contributed by atoms with Gasteiger partial charge in [-0.25, -0.2) is 9.59 Å². The fourth-order valence-electron chi connectivity index (χ4n) is 2.21. The number of ether oxygens (including phenoxy) is 1. The number of hydrogen-bond acceptors (Lipinski definition) is 5. The van der Waals surface area contributed by atoms with Crippen molar-refractivity contribution in [3.05, 3.63) is 21.9 Å². The molecule has 6 nitrogen and oxygen atoms in total. The van der Waals surface area contributed by atoms with Crippen molar-refractivity contribution in [2.45, 2.75) is 19.0 Å². The Morgan fingerprint density at radius 2 is 2.42 bits per heavy atom. The van der Waals surface area contributed by atoms with Crippen LogP contribution in [0.1, 0.15) is 21.7 Å². The number of nitrogens with one attached hydrogen (secondary N) is 1. The third-order valence-corrected chi connectivity index (χ3v) is 4.06. The minimum Gasteiger partial charge on any atom is -0.477 e. The van der Waals surface area contributed by atoms with Crippen LogP contribution in [0, 0.1) is 0 Å². The molecule has 0 aliphatic carbocycles. The number of hydrogen-bond donors (Lipinski definition) is 2. The van der Waals surface area contributed by atoms with Gasteiger partial charge in [-0.3, -0.25) is 4.90 Å².